The van der Waals surface area contributed by atoms with Gasteiger partial charge < -0.3 is 18.3 Å². The number of aromatic nitrogens is 3. The predicted molar refractivity (Wildman–Crippen MR) is 151 cm³/mol. The SMILES string of the molecule is Cc1ccc(-n2c(C)cc(/C=N/NC(=O)c3ccc(COc4ccc(-n5c(C)ccc5C)cc4)o3)c2C)nc1. The molecule has 0 unspecified atom stereocenters. The molecular formula is C31H31N5O3. The number of nitrogens with zero attached hydrogens (tertiary/aromatic N) is 4. The van der Waals surface area contributed by atoms with E-state index in [1.165, 1.54) is 11.4 Å². The molecule has 4 heterocycles. The van der Waals surface area contributed by atoms with Crippen LogP contribution < -0.4 is 10.2 Å². The average molecular weight is 522 g/mol. The number of carbonyl (C=O) groups excluding carboxylic acids is 1. The van der Waals surface area contributed by atoms with Gasteiger partial charge in [0.2, 0.25) is 0 Å². The van der Waals surface area contributed by atoms with Gasteiger partial charge in [-0.05, 0) is 101 Å². The van der Waals surface area contributed by atoms with Crippen molar-refractivity contribution in [2.45, 2.75) is 41.2 Å². The minimum atomic E-state index is -0.437. The number of hydrazone groups is 1. The van der Waals surface area contributed by atoms with Gasteiger partial charge in [-0.2, -0.15) is 5.10 Å². The van der Waals surface area contributed by atoms with Crippen LogP contribution in [0.5, 0.6) is 5.75 Å². The Balaban J connectivity index is 1.17. The lowest BCUT2D eigenvalue weighted by atomic mass is 10.2. The van der Waals surface area contributed by atoms with Crippen molar-refractivity contribution in [3.8, 4) is 17.3 Å². The first-order valence-electron chi connectivity index (χ1n) is 12.7. The fourth-order valence-corrected chi connectivity index (χ4v) is 4.58. The number of pyridine rings is 1. The van der Waals surface area contributed by atoms with Gasteiger partial charge in [0.15, 0.2) is 5.76 Å². The van der Waals surface area contributed by atoms with E-state index in [0.29, 0.717) is 11.5 Å². The topological polar surface area (TPSA) is 86.6 Å². The van der Waals surface area contributed by atoms with Crippen LogP contribution in [0.4, 0.5) is 0 Å². The van der Waals surface area contributed by atoms with Crippen LogP contribution in [0.15, 0.2) is 82.4 Å². The molecule has 8 nitrogen and oxygen atoms in total. The highest BCUT2D eigenvalue weighted by molar-refractivity contribution is 5.92. The van der Waals surface area contributed by atoms with Gasteiger partial charge in [-0.1, -0.05) is 6.07 Å². The zero-order chi connectivity index (χ0) is 27.5. The molecular weight excluding hydrogens is 490 g/mol. The lowest BCUT2D eigenvalue weighted by Crippen LogP contribution is -2.16. The Hall–Kier alpha value is -4.85. The Morgan fingerprint density at radius 3 is 2.36 bits per heavy atom. The first-order chi connectivity index (χ1) is 18.8. The third-order valence-electron chi connectivity index (χ3n) is 6.60. The molecule has 4 aromatic heterocycles. The van der Waals surface area contributed by atoms with Gasteiger partial charge in [0.05, 0.1) is 6.21 Å². The second-order valence-corrected chi connectivity index (χ2v) is 9.55. The van der Waals surface area contributed by atoms with E-state index >= 15 is 0 Å². The van der Waals surface area contributed by atoms with Gasteiger partial charge in [-0.15, -0.1) is 0 Å². The standard InChI is InChI=1S/C31H31N5O3/c1-20-6-15-30(32-17-20)36-23(4)16-25(24(36)5)18-33-34-31(37)29-14-13-28(39-29)19-38-27-11-9-26(10-12-27)35-21(2)7-8-22(35)3/h6-18H,19H2,1-5H3,(H,34,37)/b33-18+. The number of ether oxygens (including phenoxy) is 1. The van der Waals surface area contributed by atoms with Gasteiger partial charge in [0, 0.05) is 40.2 Å². The van der Waals surface area contributed by atoms with E-state index in [1.54, 1.807) is 18.3 Å². The summed E-state index contributed by atoms with van der Waals surface area (Å²) in [6.07, 6.45) is 3.46. The van der Waals surface area contributed by atoms with Crippen molar-refractivity contribution in [2.24, 2.45) is 5.10 Å². The largest absolute Gasteiger partial charge is 0.486 e. The van der Waals surface area contributed by atoms with Crippen molar-refractivity contribution in [3.05, 3.63) is 118 Å². The molecule has 39 heavy (non-hydrogen) atoms. The van der Waals surface area contributed by atoms with E-state index in [-0.39, 0.29) is 12.4 Å². The van der Waals surface area contributed by atoms with Crippen LogP contribution in [-0.4, -0.2) is 26.2 Å². The van der Waals surface area contributed by atoms with E-state index in [4.69, 9.17) is 9.15 Å². The molecule has 5 rings (SSSR count). The van der Waals surface area contributed by atoms with Crippen LogP contribution >= 0.6 is 0 Å². The second-order valence-electron chi connectivity index (χ2n) is 9.55. The molecule has 0 saturated carbocycles. The number of rotatable bonds is 8. The highest BCUT2D eigenvalue weighted by atomic mass is 16.5. The summed E-state index contributed by atoms with van der Waals surface area (Å²) in [5.74, 6) is 1.82. The fourth-order valence-electron chi connectivity index (χ4n) is 4.58. The Kier molecular flexibility index (Phi) is 7.19. The molecule has 0 saturated heterocycles. The molecule has 0 atom stereocenters. The monoisotopic (exact) mass is 521 g/mol. The zero-order valence-electron chi connectivity index (χ0n) is 22.7. The van der Waals surface area contributed by atoms with E-state index in [1.807, 2.05) is 69.4 Å². The lowest BCUT2D eigenvalue weighted by Gasteiger charge is -2.10. The number of hydrogen-bond donors (Lipinski definition) is 1. The molecule has 1 aromatic carbocycles. The van der Waals surface area contributed by atoms with Crippen LogP contribution in [0.3, 0.4) is 0 Å². The maximum atomic E-state index is 12.6. The van der Waals surface area contributed by atoms with Crippen molar-refractivity contribution in [1.29, 1.82) is 0 Å². The highest BCUT2D eigenvalue weighted by Gasteiger charge is 2.13. The summed E-state index contributed by atoms with van der Waals surface area (Å²) in [6, 6.07) is 21.4. The van der Waals surface area contributed by atoms with Crippen LogP contribution in [0.2, 0.25) is 0 Å². The zero-order valence-corrected chi connectivity index (χ0v) is 22.7. The van der Waals surface area contributed by atoms with Crippen LogP contribution in [-0.2, 0) is 6.61 Å². The van der Waals surface area contributed by atoms with Gasteiger partial charge in [-0.3, -0.25) is 4.79 Å². The number of benzene rings is 1. The third kappa shape index (κ3) is 5.55. The summed E-state index contributed by atoms with van der Waals surface area (Å²) in [5.41, 5.74) is 9.96. The van der Waals surface area contributed by atoms with Gasteiger partial charge in [0.1, 0.15) is 23.9 Å². The summed E-state index contributed by atoms with van der Waals surface area (Å²) in [7, 11) is 0. The molecule has 0 spiro atoms. The Morgan fingerprint density at radius 1 is 0.923 bits per heavy atom. The number of carbonyl (C=O) groups is 1. The normalized spacial score (nSPS) is 11.3. The van der Waals surface area contributed by atoms with Crippen molar-refractivity contribution < 1.29 is 13.9 Å². The molecule has 1 amide bonds. The fraction of sp³-hybridized carbons (Fsp3) is 0.194. The van der Waals surface area contributed by atoms with Gasteiger partial charge >= 0.3 is 5.91 Å². The maximum absolute atomic E-state index is 12.6. The van der Waals surface area contributed by atoms with Crippen LogP contribution in [0, 0.1) is 34.6 Å². The van der Waals surface area contributed by atoms with Crippen LogP contribution in [0.25, 0.3) is 11.5 Å². The molecule has 1 N–H and O–H groups in total. The molecule has 0 radical (unpaired) electrons. The number of hydrogen-bond acceptors (Lipinski definition) is 5. The second kappa shape index (κ2) is 10.9. The number of nitrogens with one attached hydrogen (secondary N) is 1. The van der Waals surface area contributed by atoms with Crippen molar-refractivity contribution in [1.82, 2.24) is 19.5 Å². The molecule has 0 aliphatic carbocycles. The summed E-state index contributed by atoms with van der Waals surface area (Å²) < 4.78 is 15.8. The highest BCUT2D eigenvalue weighted by Crippen LogP contribution is 2.21. The molecule has 198 valence electrons. The number of aryl methyl sites for hydroxylation is 4. The summed E-state index contributed by atoms with van der Waals surface area (Å²) in [6.45, 7) is 10.4. The minimum Gasteiger partial charge on any atom is -0.486 e. The Labute approximate surface area is 227 Å². The third-order valence-corrected chi connectivity index (χ3v) is 6.60. The number of furan rings is 1. The van der Waals surface area contributed by atoms with E-state index < -0.39 is 5.91 Å². The molecule has 0 aliphatic heterocycles. The number of amides is 1. The molecule has 8 heteroatoms. The molecule has 0 fully saturated rings. The van der Waals surface area contributed by atoms with Gasteiger partial charge in [0.25, 0.3) is 0 Å². The summed E-state index contributed by atoms with van der Waals surface area (Å²) in [4.78, 5) is 17.1. The first kappa shape index (κ1) is 25.8. The van der Waals surface area contributed by atoms with E-state index in [9.17, 15) is 4.79 Å². The first-order valence-corrected chi connectivity index (χ1v) is 12.7. The van der Waals surface area contributed by atoms with Crippen molar-refractivity contribution in [3.63, 3.8) is 0 Å². The molecule has 0 bridgehead atoms. The average Bonchev–Trinajstić information content (AvgIpc) is 3.61. The molecule has 5 aromatic rings. The summed E-state index contributed by atoms with van der Waals surface area (Å²) >= 11 is 0. The minimum absolute atomic E-state index is 0.161. The maximum Gasteiger partial charge on any atom is 0.307 e. The van der Waals surface area contributed by atoms with E-state index in [2.05, 4.69) is 50.6 Å². The van der Waals surface area contributed by atoms with Gasteiger partial charge in [-0.25, -0.2) is 10.4 Å². The van der Waals surface area contributed by atoms with Crippen molar-refractivity contribution in [2.75, 3.05) is 0 Å². The smallest absolute Gasteiger partial charge is 0.307 e. The summed E-state index contributed by atoms with van der Waals surface area (Å²) in [5, 5.41) is 4.13. The van der Waals surface area contributed by atoms with Crippen LogP contribution in [0.1, 0.15) is 50.2 Å². The Morgan fingerprint density at radius 2 is 1.67 bits per heavy atom. The van der Waals surface area contributed by atoms with E-state index in [0.717, 1.165) is 34.0 Å². The molecule has 0 aliphatic rings. The predicted octanol–water partition coefficient (Wildman–Crippen LogP) is 6.14. The Bertz CT molecular complexity index is 1620. The van der Waals surface area contributed by atoms with Crippen molar-refractivity contribution >= 4 is 12.1 Å². The quantitative estimate of drug-likeness (QED) is 0.196. The lowest BCUT2D eigenvalue weighted by molar-refractivity contribution is 0.0923.